The van der Waals surface area contributed by atoms with Crippen LogP contribution in [0.4, 0.5) is 0 Å². The van der Waals surface area contributed by atoms with Gasteiger partial charge >= 0.3 is 0 Å². The number of nitrogens with zero attached hydrogens (tertiary/aromatic N) is 1. The topological polar surface area (TPSA) is 38.1 Å². The molecule has 0 spiro atoms. The third-order valence-electron chi connectivity index (χ3n) is 2.81. The molecule has 1 aromatic heterocycles. The van der Waals surface area contributed by atoms with Gasteiger partial charge in [-0.2, -0.15) is 0 Å². The zero-order valence-electron chi connectivity index (χ0n) is 10.7. The SMILES string of the molecule is Cc1nc(CCNCc2ccccc2Cl)c(C)o1. The molecule has 0 bridgehead atoms. The minimum absolute atomic E-state index is 0.730. The summed E-state index contributed by atoms with van der Waals surface area (Å²) in [6, 6.07) is 7.87. The van der Waals surface area contributed by atoms with Crippen LogP contribution in [-0.2, 0) is 13.0 Å². The number of hydrogen-bond donors (Lipinski definition) is 1. The molecule has 1 N–H and O–H groups in total. The van der Waals surface area contributed by atoms with Gasteiger partial charge in [-0.1, -0.05) is 29.8 Å². The molecular weight excluding hydrogens is 248 g/mol. The maximum atomic E-state index is 6.08. The van der Waals surface area contributed by atoms with Crippen molar-refractivity contribution in [1.29, 1.82) is 0 Å². The zero-order valence-corrected chi connectivity index (χ0v) is 11.4. The number of rotatable bonds is 5. The highest BCUT2D eigenvalue weighted by Gasteiger charge is 2.05. The number of halogens is 1. The molecule has 1 aromatic carbocycles. The first-order valence-corrected chi connectivity index (χ1v) is 6.41. The summed E-state index contributed by atoms with van der Waals surface area (Å²) < 4.78 is 5.39. The highest BCUT2D eigenvalue weighted by molar-refractivity contribution is 6.31. The standard InChI is InChI=1S/C14H17ClN2O/c1-10-14(17-11(2)18-10)7-8-16-9-12-5-3-4-6-13(12)15/h3-6,16H,7-9H2,1-2H3. The van der Waals surface area contributed by atoms with Gasteiger partial charge in [0.2, 0.25) is 0 Å². The van der Waals surface area contributed by atoms with E-state index in [0.717, 1.165) is 47.4 Å². The van der Waals surface area contributed by atoms with E-state index in [4.69, 9.17) is 16.0 Å². The Kier molecular flexibility index (Phi) is 4.39. The lowest BCUT2D eigenvalue weighted by Gasteiger charge is -2.05. The Morgan fingerprint density at radius 3 is 2.72 bits per heavy atom. The van der Waals surface area contributed by atoms with E-state index in [-0.39, 0.29) is 0 Å². The Bertz CT molecular complexity index is 522. The first-order valence-electron chi connectivity index (χ1n) is 6.04. The average molecular weight is 265 g/mol. The van der Waals surface area contributed by atoms with E-state index in [1.807, 2.05) is 38.1 Å². The third kappa shape index (κ3) is 3.34. The van der Waals surface area contributed by atoms with Crippen molar-refractivity contribution in [3.63, 3.8) is 0 Å². The molecule has 2 aromatic rings. The van der Waals surface area contributed by atoms with Crippen LogP contribution >= 0.6 is 11.6 Å². The van der Waals surface area contributed by atoms with Crippen LogP contribution in [-0.4, -0.2) is 11.5 Å². The van der Waals surface area contributed by atoms with E-state index in [1.54, 1.807) is 0 Å². The van der Waals surface area contributed by atoms with Crippen LogP contribution in [0.5, 0.6) is 0 Å². The number of aromatic nitrogens is 1. The number of hydrogen-bond acceptors (Lipinski definition) is 3. The second kappa shape index (κ2) is 6.03. The minimum Gasteiger partial charge on any atom is -0.446 e. The molecule has 96 valence electrons. The van der Waals surface area contributed by atoms with Crippen molar-refractivity contribution in [3.8, 4) is 0 Å². The van der Waals surface area contributed by atoms with Crippen molar-refractivity contribution in [3.05, 3.63) is 52.2 Å². The monoisotopic (exact) mass is 264 g/mol. The zero-order chi connectivity index (χ0) is 13.0. The van der Waals surface area contributed by atoms with Gasteiger partial charge in [-0.25, -0.2) is 4.98 Å². The van der Waals surface area contributed by atoms with E-state index in [1.165, 1.54) is 0 Å². The first-order chi connectivity index (χ1) is 8.66. The summed E-state index contributed by atoms with van der Waals surface area (Å²) in [5, 5.41) is 4.17. The molecule has 0 saturated heterocycles. The van der Waals surface area contributed by atoms with Gasteiger partial charge in [0.15, 0.2) is 5.89 Å². The van der Waals surface area contributed by atoms with Gasteiger partial charge in [0.1, 0.15) is 5.76 Å². The van der Waals surface area contributed by atoms with Gasteiger partial charge in [-0.3, -0.25) is 0 Å². The highest BCUT2D eigenvalue weighted by Crippen LogP contribution is 2.14. The van der Waals surface area contributed by atoms with Crippen LogP contribution in [0.25, 0.3) is 0 Å². The van der Waals surface area contributed by atoms with E-state index in [2.05, 4.69) is 10.3 Å². The molecule has 4 heteroatoms. The predicted octanol–water partition coefficient (Wildman–Crippen LogP) is 3.28. The molecule has 3 nitrogen and oxygen atoms in total. The van der Waals surface area contributed by atoms with Gasteiger partial charge in [0.05, 0.1) is 5.69 Å². The van der Waals surface area contributed by atoms with Crippen LogP contribution in [0, 0.1) is 13.8 Å². The van der Waals surface area contributed by atoms with Crippen molar-refractivity contribution in [2.24, 2.45) is 0 Å². The molecule has 0 saturated carbocycles. The summed E-state index contributed by atoms with van der Waals surface area (Å²) in [6.45, 7) is 5.45. The largest absolute Gasteiger partial charge is 0.446 e. The maximum absolute atomic E-state index is 6.08. The summed E-state index contributed by atoms with van der Waals surface area (Å²) in [4.78, 5) is 4.34. The summed E-state index contributed by atoms with van der Waals surface area (Å²) in [5.41, 5.74) is 2.14. The average Bonchev–Trinajstić information content (AvgIpc) is 2.65. The summed E-state index contributed by atoms with van der Waals surface area (Å²) in [5.74, 6) is 1.64. The molecule has 0 aliphatic heterocycles. The summed E-state index contributed by atoms with van der Waals surface area (Å²) >= 11 is 6.08. The predicted molar refractivity (Wildman–Crippen MR) is 72.8 cm³/mol. The third-order valence-corrected chi connectivity index (χ3v) is 3.18. The second-order valence-electron chi connectivity index (χ2n) is 4.25. The van der Waals surface area contributed by atoms with Crippen molar-refractivity contribution in [2.75, 3.05) is 6.54 Å². The van der Waals surface area contributed by atoms with Gasteiger partial charge < -0.3 is 9.73 Å². The summed E-state index contributed by atoms with van der Waals surface area (Å²) in [7, 11) is 0. The van der Waals surface area contributed by atoms with Gasteiger partial charge in [0, 0.05) is 31.5 Å². The molecule has 1 heterocycles. The Hall–Kier alpha value is -1.32. The molecule has 0 amide bonds. The fourth-order valence-electron chi connectivity index (χ4n) is 1.88. The minimum atomic E-state index is 0.730. The lowest BCUT2D eigenvalue weighted by molar-refractivity contribution is 0.492. The molecule has 0 aliphatic rings. The van der Waals surface area contributed by atoms with E-state index < -0.39 is 0 Å². The van der Waals surface area contributed by atoms with Crippen molar-refractivity contribution in [2.45, 2.75) is 26.8 Å². The van der Waals surface area contributed by atoms with Gasteiger partial charge in [-0.15, -0.1) is 0 Å². The Balaban J connectivity index is 1.80. The normalized spacial score (nSPS) is 10.8. The highest BCUT2D eigenvalue weighted by atomic mass is 35.5. The van der Waals surface area contributed by atoms with Crippen LogP contribution in [0.3, 0.4) is 0 Å². The van der Waals surface area contributed by atoms with E-state index in [9.17, 15) is 0 Å². The fraction of sp³-hybridized carbons (Fsp3) is 0.357. The van der Waals surface area contributed by atoms with Gasteiger partial charge in [-0.05, 0) is 18.6 Å². The molecule has 18 heavy (non-hydrogen) atoms. The lowest BCUT2D eigenvalue weighted by Crippen LogP contribution is -2.17. The molecule has 2 rings (SSSR count). The van der Waals surface area contributed by atoms with Crippen molar-refractivity contribution < 1.29 is 4.42 Å². The Labute approximate surface area is 112 Å². The van der Waals surface area contributed by atoms with E-state index >= 15 is 0 Å². The molecule has 0 fully saturated rings. The van der Waals surface area contributed by atoms with Crippen LogP contribution in [0.15, 0.2) is 28.7 Å². The smallest absolute Gasteiger partial charge is 0.191 e. The van der Waals surface area contributed by atoms with E-state index in [0.29, 0.717) is 0 Å². The Morgan fingerprint density at radius 1 is 1.28 bits per heavy atom. The molecule has 0 radical (unpaired) electrons. The first kappa shape index (κ1) is 13.1. The Morgan fingerprint density at radius 2 is 2.06 bits per heavy atom. The molecule has 0 unspecified atom stereocenters. The van der Waals surface area contributed by atoms with Crippen LogP contribution in [0.1, 0.15) is 22.9 Å². The second-order valence-corrected chi connectivity index (χ2v) is 4.66. The fourth-order valence-corrected chi connectivity index (χ4v) is 2.08. The van der Waals surface area contributed by atoms with Crippen LogP contribution < -0.4 is 5.32 Å². The number of oxazole rings is 1. The number of aryl methyl sites for hydroxylation is 2. The van der Waals surface area contributed by atoms with Gasteiger partial charge in [0.25, 0.3) is 0 Å². The summed E-state index contributed by atoms with van der Waals surface area (Å²) in [6.07, 6.45) is 0.869. The van der Waals surface area contributed by atoms with Crippen molar-refractivity contribution in [1.82, 2.24) is 10.3 Å². The number of benzene rings is 1. The molecule has 0 atom stereocenters. The molecule has 0 aliphatic carbocycles. The quantitative estimate of drug-likeness (QED) is 0.843. The maximum Gasteiger partial charge on any atom is 0.191 e. The van der Waals surface area contributed by atoms with Crippen LogP contribution in [0.2, 0.25) is 5.02 Å². The molecular formula is C14H17ClN2O. The van der Waals surface area contributed by atoms with Crippen molar-refractivity contribution >= 4 is 11.6 Å². The lowest BCUT2D eigenvalue weighted by atomic mass is 10.2. The number of nitrogens with one attached hydrogen (secondary N) is 1.